The first-order valence-electron chi connectivity index (χ1n) is 8.53. The van der Waals surface area contributed by atoms with Crippen molar-refractivity contribution in [3.8, 4) is 16.9 Å². The number of benzene rings is 2. The van der Waals surface area contributed by atoms with Gasteiger partial charge in [-0.15, -0.1) is 0 Å². The van der Waals surface area contributed by atoms with Gasteiger partial charge in [-0.3, -0.25) is 0 Å². The van der Waals surface area contributed by atoms with Crippen LogP contribution >= 0.6 is 0 Å². The van der Waals surface area contributed by atoms with E-state index in [4.69, 9.17) is 4.74 Å². The maximum Gasteiger partial charge on any atom is 0.342 e. The van der Waals surface area contributed by atoms with Crippen LogP contribution in [0.2, 0.25) is 0 Å². The van der Waals surface area contributed by atoms with Gasteiger partial charge < -0.3 is 4.74 Å². The fraction of sp³-hybridized carbons (Fsp3) is 0.238. The number of para-hydroxylation sites is 1. The molecule has 1 heterocycles. The van der Waals surface area contributed by atoms with Crippen molar-refractivity contribution in [3.05, 3.63) is 72.4 Å². The van der Waals surface area contributed by atoms with Gasteiger partial charge in [-0.1, -0.05) is 62.4 Å². The van der Waals surface area contributed by atoms with E-state index in [0.29, 0.717) is 23.8 Å². The molecule has 0 radical (unpaired) electrons. The Labute approximate surface area is 148 Å². The Bertz CT molecular complexity index is 824. The minimum absolute atomic E-state index is 0.332. The molecule has 0 aliphatic heterocycles. The van der Waals surface area contributed by atoms with Crippen LogP contribution < -0.4 is 0 Å². The first kappa shape index (κ1) is 17.0. The lowest BCUT2D eigenvalue weighted by Crippen LogP contribution is -2.08. The summed E-state index contributed by atoms with van der Waals surface area (Å²) in [7, 11) is 0. The SMILES string of the molecule is CC(C)CCOC(=O)c1cn(-c2ccccc2)nc1-c1ccccc1. The van der Waals surface area contributed by atoms with Crippen molar-refractivity contribution in [2.24, 2.45) is 5.92 Å². The molecule has 25 heavy (non-hydrogen) atoms. The van der Waals surface area contributed by atoms with Crippen molar-refractivity contribution in [2.45, 2.75) is 20.3 Å². The molecule has 0 saturated carbocycles. The lowest BCUT2D eigenvalue weighted by atomic mass is 10.1. The number of carbonyl (C=O) groups is 1. The van der Waals surface area contributed by atoms with Gasteiger partial charge in [-0.25, -0.2) is 9.48 Å². The number of rotatable bonds is 6. The topological polar surface area (TPSA) is 44.1 Å². The van der Waals surface area contributed by atoms with E-state index in [1.165, 1.54) is 0 Å². The molecule has 0 aliphatic carbocycles. The first-order valence-corrected chi connectivity index (χ1v) is 8.53. The van der Waals surface area contributed by atoms with Gasteiger partial charge in [0.25, 0.3) is 0 Å². The van der Waals surface area contributed by atoms with Crippen molar-refractivity contribution in [1.82, 2.24) is 9.78 Å². The van der Waals surface area contributed by atoms with E-state index in [2.05, 4.69) is 18.9 Å². The van der Waals surface area contributed by atoms with Crippen molar-refractivity contribution in [1.29, 1.82) is 0 Å². The molecule has 1 aromatic heterocycles. The Kier molecular flexibility index (Phi) is 5.29. The number of ether oxygens (including phenoxy) is 1. The van der Waals surface area contributed by atoms with E-state index in [1.807, 2.05) is 60.7 Å². The van der Waals surface area contributed by atoms with Gasteiger partial charge in [0.1, 0.15) is 11.3 Å². The normalized spacial score (nSPS) is 10.8. The smallest absolute Gasteiger partial charge is 0.342 e. The molecule has 3 aromatic rings. The number of nitrogens with zero attached hydrogens (tertiary/aromatic N) is 2. The third-order valence-electron chi connectivity index (χ3n) is 3.93. The van der Waals surface area contributed by atoms with E-state index in [-0.39, 0.29) is 5.97 Å². The lowest BCUT2D eigenvalue weighted by molar-refractivity contribution is 0.0489. The predicted molar refractivity (Wildman–Crippen MR) is 98.7 cm³/mol. The monoisotopic (exact) mass is 334 g/mol. The Hall–Kier alpha value is -2.88. The van der Waals surface area contributed by atoms with Gasteiger partial charge in [0.15, 0.2) is 0 Å². The number of hydrogen-bond acceptors (Lipinski definition) is 3. The van der Waals surface area contributed by atoms with E-state index in [0.717, 1.165) is 17.7 Å². The number of aromatic nitrogens is 2. The fourth-order valence-electron chi connectivity index (χ4n) is 2.51. The van der Waals surface area contributed by atoms with E-state index < -0.39 is 0 Å². The summed E-state index contributed by atoms with van der Waals surface area (Å²) in [6.45, 7) is 4.63. The molecule has 0 aliphatic rings. The van der Waals surface area contributed by atoms with Crippen LogP contribution in [0.25, 0.3) is 16.9 Å². The van der Waals surface area contributed by atoms with Gasteiger partial charge in [0, 0.05) is 11.8 Å². The molecule has 128 valence electrons. The predicted octanol–water partition coefficient (Wildman–Crippen LogP) is 4.74. The van der Waals surface area contributed by atoms with Crippen LogP contribution in [0.15, 0.2) is 66.9 Å². The molecule has 0 atom stereocenters. The molecule has 0 unspecified atom stereocenters. The van der Waals surface area contributed by atoms with Crippen LogP contribution in [0.3, 0.4) is 0 Å². The number of carbonyl (C=O) groups excluding carboxylic acids is 1. The van der Waals surface area contributed by atoms with Gasteiger partial charge in [0.2, 0.25) is 0 Å². The first-order chi connectivity index (χ1) is 12.1. The van der Waals surface area contributed by atoms with Crippen molar-refractivity contribution in [3.63, 3.8) is 0 Å². The van der Waals surface area contributed by atoms with Gasteiger partial charge in [-0.05, 0) is 24.5 Å². The number of hydrogen-bond donors (Lipinski definition) is 0. The Morgan fingerprint density at radius 2 is 1.68 bits per heavy atom. The molecule has 0 N–H and O–H groups in total. The van der Waals surface area contributed by atoms with E-state index >= 15 is 0 Å². The quantitative estimate of drug-likeness (QED) is 0.611. The second-order valence-corrected chi connectivity index (χ2v) is 6.36. The minimum atomic E-state index is -0.332. The van der Waals surface area contributed by atoms with Crippen molar-refractivity contribution in [2.75, 3.05) is 6.61 Å². The highest BCUT2D eigenvalue weighted by Crippen LogP contribution is 2.24. The Balaban J connectivity index is 1.95. The summed E-state index contributed by atoms with van der Waals surface area (Å²) in [6, 6.07) is 19.5. The molecule has 0 bridgehead atoms. The third-order valence-corrected chi connectivity index (χ3v) is 3.93. The van der Waals surface area contributed by atoms with Crippen LogP contribution in [0.1, 0.15) is 30.6 Å². The van der Waals surface area contributed by atoms with Crippen molar-refractivity contribution >= 4 is 5.97 Å². The van der Waals surface area contributed by atoms with Gasteiger partial charge >= 0.3 is 5.97 Å². The van der Waals surface area contributed by atoms with Crippen LogP contribution in [0.5, 0.6) is 0 Å². The number of esters is 1. The second kappa shape index (κ2) is 7.79. The summed E-state index contributed by atoms with van der Waals surface area (Å²) in [6.07, 6.45) is 2.59. The molecular weight excluding hydrogens is 312 g/mol. The zero-order valence-corrected chi connectivity index (χ0v) is 14.6. The Morgan fingerprint density at radius 1 is 1.04 bits per heavy atom. The highest BCUT2D eigenvalue weighted by atomic mass is 16.5. The largest absolute Gasteiger partial charge is 0.462 e. The summed E-state index contributed by atoms with van der Waals surface area (Å²) in [5.74, 6) is 0.162. The molecule has 2 aromatic carbocycles. The fourth-order valence-corrected chi connectivity index (χ4v) is 2.51. The van der Waals surface area contributed by atoms with Crippen LogP contribution in [0, 0.1) is 5.92 Å². The van der Waals surface area contributed by atoms with E-state index in [9.17, 15) is 4.79 Å². The highest BCUT2D eigenvalue weighted by molar-refractivity contribution is 5.96. The highest BCUT2D eigenvalue weighted by Gasteiger charge is 2.19. The molecule has 0 saturated heterocycles. The molecule has 0 spiro atoms. The summed E-state index contributed by atoms with van der Waals surface area (Å²) in [4.78, 5) is 12.6. The third kappa shape index (κ3) is 4.15. The standard InChI is InChI=1S/C21H22N2O2/c1-16(2)13-14-25-21(24)19-15-23(18-11-7-4-8-12-18)22-20(19)17-9-5-3-6-10-17/h3-12,15-16H,13-14H2,1-2H3. The Morgan fingerprint density at radius 3 is 2.32 bits per heavy atom. The van der Waals surface area contributed by atoms with E-state index in [1.54, 1.807) is 10.9 Å². The van der Waals surface area contributed by atoms with Crippen LogP contribution in [0.4, 0.5) is 0 Å². The summed E-state index contributed by atoms with van der Waals surface area (Å²) >= 11 is 0. The molecule has 4 nitrogen and oxygen atoms in total. The molecule has 0 fully saturated rings. The average Bonchev–Trinajstić information content (AvgIpc) is 3.08. The molecule has 4 heteroatoms. The molecular formula is C21H22N2O2. The maximum atomic E-state index is 12.6. The second-order valence-electron chi connectivity index (χ2n) is 6.36. The zero-order valence-electron chi connectivity index (χ0n) is 14.6. The minimum Gasteiger partial charge on any atom is -0.462 e. The zero-order chi connectivity index (χ0) is 17.6. The summed E-state index contributed by atoms with van der Waals surface area (Å²) in [5.41, 5.74) is 2.92. The van der Waals surface area contributed by atoms with Crippen LogP contribution in [-0.4, -0.2) is 22.4 Å². The average molecular weight is 334 g/mol. The lowest BCUT2D eigenvalue weighted by Gasteiger charge is -2.06. The maximum absolute atomic E-state index is 12.6. The van der Waals surface area contributed by atoms with Crippen molar-refractivity contribution < 1.29 is 9.53 Å². The summed E-state index contributed by atoms with van der Waals surface area (Å²) < 4.78 is 7.18. The molecule has 0 amide bonds. The molecule has 3 rings (SSSR count). The van der Waals surface area contributed by atoms with Gasteiger partial charge in [0.05, 0.1) is 12.3 Å². The van der Waals surface area contributed by atoms with Crippen LogP contribution in [-0.2, 0) is 4.74 Å². The van der Waals surface area contributed by atoms with Gasteiger partial charge in [-0.2, -0.15) is 5.10 Å². The summed E-state index contributed by atoms with van der Waals surface area (Å²) in [5, 5.41) is 4.63.